The molecule has 1 aliphatic rings. The largest absolute Gasteiger partial charge is 0.480 e. The van der Waals surface area contributed by atoms with Crippen LogP contribution in [0.1, 0.15) is 12.0 Å². The lowest BCUT2D eigenvalue weighted by atomic mass is 10.0. The van der Waals surface area contributed by atoms with Crippen LogP contribution in [0.25, 0.3) is 0 Å². The Balaban J connectivity index is 2.19. The minimum absolute atomic E-state index is 0.0217. The Kier molecular flexibility index (Phi) is 3.59. The first kappa shape index (κ1) is 13.2. The zero-order valence-electron chi connectivity index (χ0n) is 10.0. The van der Waals surface area contributed by atoms with Gasteiger partial charge in [-0.15, -0.1) is 0 Å². The summed E-state index contributed by atoms with van der Waals surface area (Å²) in [6.45, 7) is -0.189. The van der Waals surface area contributed by atoms with Gasteiger partial charge in [-0.3, -0.25) is 9.59 Å². The molecule has 6 heteroatoms. The summed E-state index contributed by atoms with van der Waals surface area (Å²) in [6.07, 6.45) is -0.279. The molecule has 0 aromatic heterocycles. The molecule has 100 valence electrons. The summed E-state index contributed by atoms with van der Waals surface area (Å²) in [6, 6.07) is 4.39. The number of carbonyl (C=O) groups is 3. The molecule has 0 unspecified atom stereocenters. The molecule has 1 heterocycles. The number of rotatable bonds is 4. The van der Waals surface area contributed by atoms with Crippen LogP contribution in [-0.4, -0.2) is 40.3 Å². The number of hydrogen-bond donors (Lipinski definition) is 1. The van der Waals surface area contributed by atoms with Crippen LogP contribution in [0, 0.1) is 5.82 Å². The molecule has 0 spiro atoms. The molecule has 0 bridgehead atoms. The average molecular weight is 265 g/mol. The first-order valence-electron chi connectivity index (χ1n) is 5.76. The van der Waals surface area contributed by atoms with Crippen molar-refractivity contribution in [3.8, 4) is 0 Å². The molecule has 1 aliphatic heterocycles. The Morgan fingerprint density at radius 3 is 2.68 bits per heavy atom. The second-order valence-corrected chi connectivity index (χ2v) is 4.43. The molecule has 0 aliphatic carbocycles. The van der Waals surface area contributed by atoms with Gasteiger partial charge in [0.1, 0.15) is 11.9 Å². The molecular formula is C13H12FNO4. The highest BCUT2D eigenvalue weighted by molar-refractivity contribution is 6.06. The highest BCUT2D eigenvalue weighted by atomic mass is 19.1. The third-order valence-corrected chi connectivity index (χ3v) is 2.99. The number of halogens is 1. The van der Waals surface area contributed by atoms with Gasteiger partial charge < -0.3 is 10.0 Å². The Bertz CT molecular complexity index is 543. The molecule has 2 rings (SSSR count). The van der Waals surface area contributed by atoms with E-state index in [0.29, 0.717) is 5.56 Å². The zero-order chi connectivity index (χ0) is 14.0. The van der Waals surface area contributed by atoms with Crippen LogP contribution in [0.3, 0.4) is 0 Å². The summed E-state index contributed by atoms with van der Waals surface area (Å²) in [4.78, 5) is 35.0. The number of Topliss-reactive ketones (excluding diaryl/α,β-unsaturated/α-hetero) is 1. The zero-order valence-corrected chi connectivity index (χ0v) is 10.0. The van der Waals surface area contributed by atoms with Crippen molar-refractivity contribution in [3.63, 3.8) is 0 Å². The highest BCUT2D eigenvalue weighted by Gasteiger charge is 2.36. The normalized spacial score (nSPS) is 16.8. The van der Waals surface area contributed by atoms with E-state index in [9.17, 15) is 18.8 Å². The molecule has 1 aromatic carbocycles. The topological polar surface area (TPSA) is 74.7 Å². The molecule has 1 N–H and O–H groups in total. The maximum Gasteiger partial charge on any atom is 0.326 e. The van der Waals surface area contributed by atoms with Gasteiger partial charge in [0.05, 0.1) is 13.0 Å². The Hall–Kier alpha value is -2.24. The van der Waals surface area contributed by atoms with Crippen LogP contribution >= 0.6 is 0 Å². The number of carbonyl (C=O) groups excluding carboxylic acids is 2. The lowest BCUT2D eigenvalue weighted by Crippen LogP contribution is -2.43. The first-order chi connectivity index (χ1) is 8.97. The van der Waals surface area contributed by atoms with Crippen molar-refractivity contribution >= 4 is 17.7 Å². The summed E-state index contributed by atoms with van der Waals surface area (Å²) in [5.41, 5.74) is 0.472. The number of ketones is 1. The second-order valence-electron chi connectivity index (χ2n) is 4.43. The van der Waals surface area contributed by atoms with Gasteiger partial charge in [-0.25, -0.2) is 9.18 Å². The molecule has 1 saturated heterocycles. The Labute approximate surface area is 108 Å². The number of likely N-dealkylation sites (tertiary alicyclic amines) is 1. The van der Waals surface area contributed by atoms with Gasteiger partial charge in [0.15, 0.2) is 5.78 Å². The van der Waals surface area contributed by atoms with Crippen molar-refractivity contribution in [3.05, 3.63) is 35.6 Å². The smallest absolute Gasteiger partial charge is 0.326 e. The number of benzene rings is 1. The van der Waals surface area contributed by atoms with E-state index in [1.54, 1.807) is 6.07 Å². The highest BCUT2D eigenvalue weighted by Crippen LogP contribution is 2.16. The summed E-state index contributed by atoms with van der Waals surface area (Å²) in [7, 11) is 0. The van der Waals surface area contributed by atoms with Gasteiger partial charge in [0.2, 0.25) is 5.91 Å². The molecular weight excluding hydrogens is 253 g/mol. The SMILES string of the molecule is O=C1CC(=O)N([C@@H](Cc2cccc(F)c2)C(=O)O)C1. The van der Waals surface area contributed by atoms with E-state index in [2.05, 4.69) is 0 Å². The number of amides is 1. The van der Waals surface area contributed by atoms with Gasteiger partial charge in [0.25, 0.3) is 0 Å². The third-order valence-electron chi connectivity index (χ3n) is 2.99. The molecule has 5 nitrogen and oxygen atoms in total. The molecule has 0 saturated carbocycles. The van der Waals surface area contributed by atoms with Crippen LogP contribution in [0.5, 0.6) is 0 Å². The van der Waals surface area contributed by atoms with Gasteiger partial charge in [0, 0.05) is 6.42 Å². The van der Waals surface area contributed by atoms with E-state index in [0.717, 1.165) is 4.90 Å². The Morgan fingerprint density at radius 1 is 1.42 bits per heavy atom. The molecule has 19 heavy (non-hydrogen) atoms. The van der Waals surface area contributed by atoms with Crippen molar-refractivity contribution < 1.29 is 23.9 Å². The fraction of sp³-hybridized carbons (Fsp3) is 0.308. The Morgan fingerprint density at radius 2 is 2.16 bits per heavy atom. The molecule has 1 amide bonds. The van der Waals surface area contributed by atoms with Gasteiger partial charge in [-0.1, -0.05) is 12.1 Å². The van der Waals surface area contributed by atoms with Crippen LogP contribution in [-0.2, 0) is 20.8 Å². The van der Waals surface area contributed by atoms with Gasteiger partial charge in [-0.2, -0.15) is 0 Å². The number of nitrogens with zero attached hydrogens (tertiary/aromatic N) is 1. The summed E-state index contributed by atoms with van der Waals surface area (Å²) < 4.78 is 13.1. The van der Waals surface area contributed by atoms with Crippen molar-refractivity contribution in [1.29, 1.82) is 0 Å². The van der Waals surface area contributed by atoms with Crippen LogP contribution in [0.15, 0.2) is 24.3 Å². The van der Waals surface area contributed by atoms with E-state index >= 15 is 0 Å². The minimum atomic E-state index is -1.20. The summed E-state index contributed by atoms with van der Waals surface area (Å²) in [5.74, 6) is -2.46. The standard InChI is InChI=1S/C13H12FNO4/c14-9-3-1-2-8(4-9)5-11(13(18)19)15-7-10(16)6-12(15)17/h1-4,11H,5-7H2,(H,18,19)/t11-/m0/s1. The number of aliphatic carboxylic acids is 1. The first-order valence-corrected chi connectivity index (χ1v) is 5.76. The number of carboxylic acids is 1. The van der Waals surface area contributed by atoms with Crippen LogP contribution < -0.4 is 0 Å². The molecule has 1 fully saturated rings. The summed E-state index contributed by atoms with van der Waals surface area (Å²) in [5, 5.41) is 9.17. The van der Waals surface area contributed by atoms with Crippen LogP contribution in [0.2, 0.25) is 0 Å². The molecule has 1 atom stereocenters. The second kappa shape index (κ2) is 5.17. The predicted molar refractivity (Wildman–Crippen MR) is 62.9 cm³/mol. The van der Waals surface area contributed by atoms with Gasteiger partial charge in [-0.05, 0) is 17.7 Å². The van der Waals surface area contributed by atoms with E-state index in [4.69, 9.17) is 5.11 Å². The quantitative estimate of drug-likeness (QED) is 0.810. The van der Waals surface area contributed by atoms with Crippen molar-refractivity contribution in [1.82, 2.24) is 4.90 Å². The fourth-order valence-electron chi connectivity index (χ4n) is 2.11. The van der Waals surface area contributed by atoms with E-state index in [-0.39, 0.29) is 25.2 Å². The third kappa shape index (κ3) is 2.96. The van der Waals surface area contributed by atoms with Crippen LogP contribution in [0.4, 0.5) is 4.39 Å². The van der Waals surface area contributed by atoms with E-state index in [1.807, 2.05) is 0 Å². The van der Waals surface area contributed by atoms with Crippen molar-refractivity contribution in [2.75, 3.05) is 6.54 Å². The number of carboxylic acid groups (broad SMARTS) is 1. The van der Waals surface area contributed by atoms with E-state index in [1.165, 1.54) is 18.2 Å². The average Bonchev–Trinajstić information content (AvgIpc) is 2.65. The monoisotopic (exact) mass is 265 g/mol. The maximum atomic E-state index is 13.1. The van der Waals surface area contributed by atoms with Gasteiger partial charge >= 0.3 is 5.97 Å². The van der Waals surface area contributed by atoms with Crippen molar-refractivity contribution in [2.24, 2.45) is 0 Å². The molecule has 0 radical (unpaired) electrons. The van der Waals surface area contributed by atoms with Crippen molar-refractivity contribution in [2.45, 2.75) is 18.9 Å². The predicted octanol–water partition coefficient (Wildman–Crippen LogP) is 0.623. The maximum absolute atomic E-state index is 13.1. The summed E-state index contributed by atoms with van der Waals surface area (Å²) >= 11 is 0. The fourth-order valence-corrected chi connectivity index (χ4v) is 2.11. The van der Waals surface area contributed by atoms with E-state index < -0.39 is 23.7 Å². The lowest BCUT2D eigenvalue weighted by molar-refractivity contribution is -0.148. The minimum Gasteiger partial charge on any atom is -0.480 e. The lowest BCUT2D eigenvalue weighted by Gasteiger charge is -2.23. The number of hydrogen-bond acceptors (Lipinski definition) is 3. The molecule has 1 aromatic rings.